The van der Waals surface area contributed by atoms with Gasteiger partial charge in [-0.15, -0.1) is 0 Å². The Morgan fingerprint density at radius 3 is 2.91 bits per heavy atom. The van der Waals surface area contributed by atoms with E-state index in [1.165, 1.54) is 0 Å². The first-order valence-corrected chi connectivity index (χ1v) is 7.65. The minimum Gasteiger partial charge on any atom is -0.368 e. The number of carbonyl (C=O) groups is 2. The Morgan fingerprint density at radius 2 is 2.23 bits per heavy atom. The van der Waals surface area contributed by atoms with Gasteiger partial charge in [-0.25, -0.2) is 0 Å². The van der Waals surface area contributed by atoms with Crippen LogP contribution in [-0.2, 0) is 16.0 Å². The van der Waals surface area contributed by atoms with Gasteiger partial charge in [-0.05, 0) is 18.1 Å². The highest BCUT2D eigenvalue weighted by molar-refractivity contribution is 8.15. The van der Waals surface area contributed by atoms with Gasteiger partial charge in [-0.3, -0.25) is 15.0 Å². The molecule has 1 atom stereocenters. The smallest absolute Gasteiger partial charge is 0.240 e. The van der Waals surface area contributed by atoms with Gasteiger partial charge < -0.3 is 16.4 Å². The van der Waals surface area contributed by atoms with E-state index in [0.717, 1.165) is 29.4 Å². The normalized spacial score (nSPS) is 19.0. The molecule has 2 rings (SSSR count). The second kappa shape index (κ2) is 7.08. The standard InChI is InChI=1S/C14H17N5O2S/c1-2-8-5-3-4-6-9(8)17-11(20)7-10-12(21)18-14(22-10)19-13(15)16/h3-6,10H,2,7H2,1H3,(H,17,20)(H4,15,16,18,19,21). The zero-order valence-corrected chi connectivity index (χ0v) is 12.9. The number of hydrogen-bond acceptors (Lipinski definition) is 4. The molecule has 1 aliphatic rings. The van der Waals surface area contributed by atoms with Crippen LogP contribution in [0.15, 0.2) is 29.3 Å². The van der Waals surface area contributed by atoms with Crippen LogP contribution in [0.1, 0.15) is 18.9 Å². The Hall–Kier alpha value is -2.35. The number of nitrogens with zero attached hydrogens (tertiary/aromatic N) is 1. The van der Waals surface area contributed by atoms with E-state index in [0.29, 0.717) is 0 Å². The number of aliphatic imine (C=N–C) groups is 1. The van der Waals surface area contributed by atoms with Crippen molar-refractivity contribution in [2.45, 2.75) is 25.0 Å². The van der Waals surface area contributed by atoms with E-state index in [-0.39, 0.29) is 29.4 Å². The summed E-state index contributed by atoms with van der Waals surface area (Å²) < 4.78 is 0. The highest BCUT2D eigenvalue weighted by Crippen LogP contribution is 2.23. The number of carbonyl (C=O) groups excluding carboxylic acids is 2. The van der Waals surface area contributed by atoms with Gasteiger partial charge >= 0.3 is 0 Å². The summed E-state index contributed by atoms with van der Waals surface area (Å²) in [6.45, 7) is 2.01. The van der Waals surface area contributed by atoms with Crippen LogP contribution in [0.2, 0.25) is 0 Å². The zero-order chi connectivity index (χ0) is 16.1. The Bertz CT molecular complexity index is 644. The molecule has 7 nitrogen and oxygen atoms in total. The number of hydrogen-bond donors (Lipinski definition) is 4. The third-order valence-corrected chi connectivity index (χ3v) is 4.12. The van der Waals surface area contributed by atoms with Gasteiger partial charge in [0.15, 0.2) is 5.17 Å². The van der Waals surface area contributed by atoms with E-state index in [1.54, 1.807) is 0 Å². The Balaban J connectivity index is 1.98. The molecule has 1 saturated heterocycles. The van der Waals surface area contributed by atoms with E-state index in [9.17, 15) is 9.59 Å². The summed E-state index contributed by atoms with van der Waals surface area (Å²) in [5.41, 5.74) is 6.95. The van der Waals surface area contributed by atoms with E-state index < -0.39 is 5.25 Å². The third-order valence-electron chi connectivity index (χ3n) is 3.04. The second-order valence-corrected chi connectivity index (χ2v) is 5.85. The summed E-state index contributed by atoms with van der Waals surface area (Å²) in [5.74, 6) is -0.925. The molecule has 1 fully saturated rings. The molecule has 0 aromatic heterocycles. The number of guanidine groups is 1. The lowest BCUT2D eigenvalue weighted by atomic mass is 10.1. The maximum atomic E-state index is 12.1. The Kier molecular flexibility index (Phi) is 5.16. The van der Waals surface area contributed by atoms with Crippen molar-refractivity contribution in [3.05, 3.63) is 29.8 Å². The number of aryl methyl sites for hydroxylation is 1. The zero-order valence-electron chi connectivity index (χ0n) is 12.1. The van der Waals surface area contributed by atoms with E-state index >= 15 is 0 Å². The van der Waals surface area contributed by atoms with Crippen LogP contribution in [0.4, 0.5) is 5.69 Å². The molecule has 2 amide bonds. The number of nitrogens with one attached hydrogen (secondary N) is 3. The number of amides is 2. The fourth-order valence-corrected chi connectivity index (χ4v) is 3.00. The average molecular weight is 319 g/mol. The van der Waals surface area contributed by atoms with Gasteiger partial charge in [0.1, 0.15) is 5.25 Å². The van der Waals surface area contributed by atoms with E-state index in [4.69, 9.17) is 11.1 Å². The van der Waals surface area contributed by atoms with Crippen LogP contribution in [0.25, 0.3) is 0 Å². The van der Waals surface area contributed by atoms with Gasteiger partial charge in [0.25, 0.3) is 0 Å². The molecule has 0 bridgehead atoms. The number of para-hydroxylation sites is 1. The van der Waals surface area contributed by atoms with Crippen LogP contribution in [0.3, 0.4) is 0 Å². The highest BCUT2D eigenvalue weighted by atomic mass is 32.2. The molecule has 1 unspecified atom stereocenters. The molecular formula is C14H17N5O2S. The minimum atomic E-state index is -0.563. The molecule has 0 aliphatic carbocycles. The summed E-state index contributed by atoms with van der Waals surface area (Å²) in [4.78, 5) is 27.5. The first-order chi connectivity index (χ1) is 10.5. The number of anilines is 1. The highest BCUT2D eigenvalue weighted by Gasteiger charge is 2.32. The van der Waals surface area contributed by atoms with Crippen molar-refractivity contribution >= 4 is 40.4 Å². The number of amidine groups is 1. The molecule has 8 heteroatoms. The molecule has 1 aromatic rings. The van der Waals surface area contributed by atoms with Crippen LogP contribution in [0, 0.1) is 5.41 Å². The summed E-state index contributed by atoms with van der Waals surface area (Å²) >= 11 is 1.10. The molecule has 5 N–H and O–H groups in total. The summed E-state index contributed by atoms with van der Waals surface area (Å²) in [7, 11) is 0. The van der Waals surface area contributed by atoms with Crippen LogP contribution < -0.4 is 16.4 Å². The lowest BCUT2D eigenvalue weighted by Gasteiger charge is -2.10. The van der Waals surface area contributed by atoms with Gasteiger partial charge in [0.2, 0.25) is 17.8 Å². The van der Waals surface area contributed by atoms with Crippen molar-refractivity contribution in [3.8, 4) is 0 Å². The van der Waals surface area contributed by atoms with Crippen LogP contribution in [-0.4, -0.2) is 28.2 Å². The SMILES string of the molecule is CCc1ccccc1NC(=O)CC1SC(=NC(=N)N)NC1=O. The van der Waals surface area contributed by atoms with Gasteiger partial charge in [0.05, 0.1) is 0 Å². The first kappa shape index (κ1) is 16.0. The van der Waals surface area contributed by atoms with Crippen LogP contribution >= 0.6 is 11.8 Å². The van der Waals surface area contributed by atoms with Crippen molar-refractivity contribution in [3.63, 3.8) is 0 Å². The number of rotatable bonds is 4. The molecular weight excluding hydrogens is 302 g/mol. The summed E-state index contributed by atoms with van der Waals surface area (Å²) in [6, 6.07) is 7.55. The molecule has 1 aliphatic heterocycles. The lowest BCUT2D eigenvalue weighted by molar-refractivity contribution is -0.122. The monoisotopic (exact) mass is 319 g/mol. The summed E-state index contributed by atoms with van der Waals surface area (Å²) in [6.07, 6.45) is 0.843. The molecule has 0 saturated carbocycles. The molecule has 0 radical (unpaired) electrons. The molecule has 1 aromatic carbocycles. The quantitative estimate of drug-likeness (QED) is 0.490. The fraction of sp³-hybridized carbons (Fsp3) is 0.286. The van der Waals surface area contributed by atoms with Crippen molar-refractivity contribution in [2.24, 2.45) is 10.7 Å². The number of benzene rings is 1. The maximum absolute atomic E-state index is 12.1. The lowest BCUT2D eigenvalue weighted by Crippen LogP contribution is -2.28. The fourth-order valence-electron chi connectivity index (χ4n) is 2.02. The van der Waals surface area contributed by atoms with Crippen molar-refractivity contribution in [2.75, 3.05) is 5.32 Å². The van der Waals surface area contributed by atoms with Crippen molar-refractivity contribution in [1.82, 2.24) is 5.32 Å². The van der Waals surface area contributed by atoms with Gasteiger partial charge in [0, 0.05) is 12.1 Å². The third kappa shape index (κ3) is 4.08. The first-order valence-electron chi connectivity index (χ1n) is 6.77. The molecule has 116 valence electrons. The average Bonchev–Trinajstić information content (AvgIpc) is 2.78. The van der Waals surface area contributed by atoms with Gasteiger partial charge in [-0.2, -0.15) is 4.99 Å². The predicted octanol–water partition coefficient (Wildman–Crippen LogP) is 1.06. The molecule has 1 heterocycles. The number of nitrogens with two attached hydrogens (primary N) is 1. The Morgan fingerprint density at radius 1 is 1.50 bits per heavy atom. The van der Waals surface area contributed by atoms with E-state index in [1.807, 2.05) is 31.2 Å². The second-order valence-electron chi connectivity index (χ2n) is 4.66. The van der Waals surface area contributed by atoms with E-state index in [2.05, 4.69) is 15.6 Å². The maximum Gasteiger partial charge on any atom is 0.240 e. The molecule has 22 heavy (non-hydrogen) atoms. The summed E-state index contributed by atoms with van der Waals surface area (Å²) in [5, 5.41) is 12.1. The molecule has 0 spiro atoms. The Labute approximate surface area is 132 Å². The van der Waals surface area contributed by atoms with Crippen molar-refractivity contribution < 1.29 is 9.59 Å². The van der Waals surface area contributed by atoms with Gasteiger partial charge in [-0.1, -0.05) is 36.9 Å². The number of thioether (sulfide) groups is 1. The predicted molar refractivity (Wildman–Crippen MR) is 87.9 cm³/mol. The topological polar surface area (TPSA) is 120 Å². The minimum absolute atomic E-state index is 0.0332. The van der Waals surface area contributed by atoms with Crippen molar-refractivity contribution in [1.29, 1.82) is 5.41 Å². The largest absolute Gasteiger partial charge is 0.368 e. The van der Waals surface area contributed by atoms with Crippen LogP contribution in [0.5, 0.6) is 0 Å².